The summed E-state index contributed by atoms with van der Waals surface area (Å²) in [6.45, 7) is 6.02. The smallest absolute Gasteiger partial charge is 0.418 e. The molecule has 3 amide bonds. The van der Waals surface area contributed by atoms with Gasteiger partial charge in [0.1, 0.15) is 29.8 Å². The van der Waals surface area contributed by atoms with Crippen LogP contribution >= 0.6 is 11.3 Å². The standard InChI is InChI=1S/C30H38N10O11S2/c1-30(2)24(27(43)40(30)51-53(46,47)48)36-26(42)23(21-16-52-29(32)35-21)37-50-22(28(44)45)15-49-20-6-4-18(5-7-20)25(41)34-19-13-38(9-3-8-31)39(14-19)12-17-10-33-11-17/h4-7,13-14,16-17,22,24,33H,3,8-12,15,31H2,1-2H3,(H5-,32,34,35,36,41,42,44,45,46,47,48)/p+1/t22-,24?/m0/s1. The van der Waals surface area contributed by atoms with E-state index in [1.165, 1.54) is 43.5 Å². The summed E-state index contributed by atoms with van der Waals surface area (Å²) in [6.07, 6.45) is 2.77. The van der Waals surface area contributed by atoms with E-state index in [0.29, 0.717) is 35.3 Å². The van der Waals surface area contributed by atoms with E-state index in [9.17, 15) is 32.7 Å². The van der Waals surface area contributed by atoms with Crippen LogP contribution in [0.15, 0.2) is 47.2 Å². The lowest BCUT2D eigenvalue weighted by atomic mass is 9.84. The van der Waals surface area contributed by atoms with Gasteiger partial charge in [0.25, 0.3) is 23.8 Å². The molecular weight excluding hydrogens is 741 g/mol. The minimum absolute atomic E-state index is 0.0368. The fourth-order valence-corrected chi connectivity index (χ4v) is 6.28. The van der Waals surface area contributed by atoms with Crippen molar-refractivity contribution in [2.75, 3.05) is 37.3 Å². The van der Waals surface area contributed by atoms with E-state index in [1.54, 1.807) is 0 Å². The highest BCUT2D eigenvalue weighted by Gasteiger charge is 2.58. The topological polar surface area (TPSA) is 296 Å². The molecule has 0 aliphatic carbocycles. The second-order valence-electron chi connectivity index (χ2n) is 12.6. The van der Waals surface area contributed by atoms with Crippen molar-refractivity contribution >= 4 is 62.0 Å². The monoisotopic (exact) mass is 779 g/mol. The molecule has 1 aromatic carbocycles. The van der Waals surface area contributed by atoms with Gasteiger partial charge in [-0.1, -0.05) is 5.16 Å². The average molecular weight is 780 g/mol. The zero-order chi connectivity index (χ0) is 38.5. The highest BCUT2D eigenvalue weighted by Crippen LogP contribution is 2.33. The number of thiazole rings is 1. The van der Waals surface area contributed by atoms with Gasteiger partial charge in [0.2, 0.25) is 6.20 Å². The number of nitrogens with two attached hydrogens (primary N) is 2. The number of carbonyl (C=O) groups excluding carboxylic acids is 3. The predicted octanol–water partition coefficient (Wildman–Crippen LogP) is -1.27. The summed E-state index contributed by atoms with van der Waals surface area (Å²) in [4.78, 5) is 60.0. The third-order valence-electron chi connectivity index (χ3n) is 8.23. The second-order valence-corrected chi connectivity index (χ2v) is 14.5. The molecule has 2 aromatic heterocycles. The van der Waals surface area contributed by atoms with Gasteiger partial charge in [0, 0.05) is 30.0 Å². The molecule has 4 heterocycles. The van der Waals surface area contributed by atoms with E-state index in [1.807, 2.05) is 17.1 Å². The lowest BCUT2D eigenvalue weighted by molar-refractivity contribution is -0.781. The van der Waals surface area contributed by atoms with Crippen molar-refractivity contribution in [3.8, 4) is 5.75 Å². The Labute approximate surface area is 306 Å². The first kappa shape index (κ1) is 39.0. The molecule has 23 heteroatoms. The Morgan fingerprint density at radius 1 is 1.25 bits per heavy atom. The van der Waals surface area contributed by atoms with E-state index in [2.05, 4.69) is 35.1 Å². The van der Waals surface area contributed by atoms with Gasteiger partial charge in [0.05, 0.1) is 18.3 Å². The number of aliphatic carboxylic acids is 1. The number of nitrogens with one attached hydrogen (secondary N) is 3. The molecule has 2 aliphatic heterocycles. The van der Waals surface area contributed by atoms with Crippen molar-refractivity contribution in [1.82, 2.24) is 25.4 Å². The number of anilines is 2. The number of amides is 3. The van der Waals surface area contributed by atoms with Crippen LogP contribution in [0.5, 0.6) is 5.75 Å². The number of β-lactam (4-membered cyclic amide) rings is 1. The van der Waals surface area contributed by atoms with Crippen molar-refractivity contribution in [2.45, 2.75) is 51.0 Å². The number of hydrogen-bond acceptors (Lipinski definition) is 15. The van der Waals surface area contributed by atoms with Crippen molar-refractivity contribution in [1.29, 1.82) is 0 Å². The summed E-state index contributed by atoms with van der Waals surface area (Å²) < 4.78 is 45.2. The van der Waals surface area contributed by atoms with Gasteiger partial charge in [-0.3, -0.25) is 18.9 Å². The van der Waals surface area contributed by atoms with Gasteiger partial charge < -0.3 is 42.1 Å². The molecule has 3 aromatic rings. The number of hydrogen-bond donors (Lipinski definition) is 7. The first-order valence-corrected chi connectivity index (χ1v) is 18.3. The highest BCUT2D eigenvalue weighted by molar-refractivity contribution is 7.80. The van der Waals surface area contributed by atoms with E-state index in [4.69, 9.17) is 25.6 Å². The van der Waals surface area contributed by atoms with Crippen LogP contribution in [0.4, 0.5) is 10.8 Å². The van der Waals surface area contributed by atoms with Gasteiger partial charge in [-0.15, -0.1) is 20.3 Å². The Morgan fingerprint density at radius 3 is 2.53 bits per heavy atom. The van der Waals surface area contributed by atoms with Crippen LogP contribution in [0.25, 0.3) is 0 Å². The predicted molar refractivity (Wildman–Crippen MR) is 186 cm³/mol. The minimum atomic E-state index is -5.04. The molecule has 286 valence electrons. The zero-order valence-corrected chi connectivity index (χ0v) is 30.1. The molecule has 5 rings (SSSR count). The van der Waals surface area contributed by atoms with Crippen molar-refractivity contribution in [3.05, 3.63) is 53.3 Å². The van der Waals surface area contributed by atoms with Crippen LogP contribution in [-0.4, -0.2) is 106 Å². The number of rotatable bonds is 18. The fraction of sp³-hybridized carbons (Fsp3) is 0.433. The van der Waals surface area contributed by atoms with Crippen LogP contribution in [0.3, 0.4) is 0 Å². The zero-order valence-electron chi connectivity index (χ0n) is 28.5. The summed E-state index contributed by atoms with van der Waals surface area (Å²) in [7, 11) is -5.04. The first-order chi connectivity index (χ1) is 25.0. The number of aromatic nitrogens is 3. The minimum Gasteiger partial charge on any atom is -0.489 e. The van der Waals surface area contributed by atoms with Crippen molar-refractivity contribution in [2.24, 2.45) is 16.8 Å². The van der Waals surface area contributed by atoms with Gasteiger partial charge in [-0.2, -0.15) is 18.2 Å². The molecule has 2 saturated heterocycles. The maximum absolute atomic E-state index is 13.3. The molecule has 1 unspecified atom stereocenters. The number of benzene rings is 1. The number of carboxylic acids is 1. The first-order valence-electron chi connectivity index (χ1n) is 16.1. The van der Waals surface area contributed by atoms with Crippen LogP contribution in [0.1, 0.15) is 36.3 Å². The van der Waals surface area contributed by atoms with E-state index in [-0.39, 0.29) is 22.5 Å². The van der Waals surface area contributed by atoms with E-state index in [0.717, 1.165) is 37.4 Å². The molecule has 21 nitrogen and oxygen atoms in total. The molecule has 9 N–H and O–H groups in total. The molecule has 2 aliphatic rings. The molecule has 0 spiro atoms. The number of nitrogens with zero attached hydrogens (tertiary/aromatic N) is 5. The number of hydroxylamine groups is 2. The summed E-state index contributed by atoms with van der Waals surface area (Å²) in [5.74, 6) is -3.23. The van der Waals surface area contributed by atoms with E-state index >= 15 is 0 Å². The SMILES string of the molecule is CC1(C)C(NC(=O)C(=NO[C@@H](COc2ccc(C(=O)Nc3cn(CCCN)[n+](CC4CNC4)c3)cc2)C(=O)O)c2csc(N)n2)C(=O)N1OS(=O)(=O)O. The van der Waals surface area contributed by atoms with Crippen LogP contribution in [0.2, 0.25) is 0 Å². The average Bonchev–Trinajstić information content (AvgIpc) is 3.68. The quantitative estimate of drug-likeness (QED) is 0.0260. The molecular formula is C30H39N10O11S2+. The lowest BCUT2D eigenvalue weighted by Crippen LogP contribution is -2.76. The van der Waals surface area contributed by atoms with Crippen LogP contribution in [-0.2, 0) is 47.0 Å². The Hall–Kier alpha value is -5.20. The third-order valence-corrected chi connectivity index (χ3v) is 9.24. The maximum atomic E-state index is 13.3. The van der Waals surface area contributed by atoms with Gasteiger partial charge >= 0.3 is 16.4 Å². The number of nitrogen functional groups attached to an aromatic ring is 1. The molecule has 53 heavy (non-hydrogen) atoms. The number of carboxylic acid groups (broad SMARTS) is 1. The molecule has 0 saturated carbocycles. The lowest BCUT2D eigenvalue weighted by Gasteiger charge is -2.50. The number of ether oxygens (including phenoxy) is 1. The number of oxime groups is 1. The fourth-order valence-electron chi connectivity index (χ4n) is 5.27. The van der Waals surface area contributed by atoms with Gasteiger partial charge in [0.15, 0.2) is 17.4 Å². The summed E-state index contributed by atoms with van der Waals surface area (Å²) in [6, 6.07) is 4.58. The Morgan fingerprint density at radius 2 is 1.96 bits per heavy atom. The van der Waals surface area contributed by atoms with Crippen molar-refractivity contribution in [3.63, 3.8) is 0 Å². The van der Waals surface area contributed by atoms with Gasteiger partial charge in [-0.25, -0.2) is 9.78 Å². The summed E-state index contributed by atoms with van der Waals surface area (Å²) in [5, 5.41) is 23.7. The van der Waals surface area contributed by atoms with Crippen molar-refractivity contribution < 1.29 is 55.8 Å². The maximum Gasteiger partial charge on any atom is 0.418 e. The summed E-state index contributed by atoms with van der Waals surface area (Å²) in [5.41, 5.74) is 10.2. The summed E-state index contributed by atoms with van der Waals surface area (Å²) >= 11 is 0.939. The highest BCUT2D eigenvalue weighted by atomic mass is 32.3. The molecule has 0 radical (unpaired) electrons. The largest absolute Gasteiger partial charge is 0.489 e. The van der Waals surface area contributed by atoms with Crippen LogP contribution in [0, 0.1) is 5.92 Å². The van der Waals surface area contributed by atoms with Crippen LogP contribution < -0.4 is 36.8 Å². The van der Waals surface area contributed by atoms with Gasteiger partial charge in [-0.05, 0) is 51.1 Å². The second kappa shape index (κ2) is 16.2. The molecule has 2 atom stereocenters. The Bertz CT molecular complexity index is 1980. The van der Waals surface area contributed by atoms with E-state index < -0.39 is 58.2 Å². The molecule has 0 bridgehead atoms. The number of aryl methyl sites for hydroxylation is 1. The normalized spacial score (nSPS) is 17.7. The Kier molecular flexibility index (Phi) is 11.9. The molecule has 2 fully saturated rings. The number of carbonyl (C=O) groups is 4. The Balaban J connectivity index is 1.21. The third kappa shape index (κ3) is 9.62.